The summed E-state index contributed by atoms with van der Waals surface area (Å²) in [6.45, 7) is 2.09. The summed E-state index contributed by atoms with van der Waals surface area (Å²) in [6, 6.07) is 17.1. The lowest BCUT2D eigenvalue weighted by Gasteiger charge is -2.22. The molecule has 2 heterocycles. The van der Waals surface area contributed by atoms with E-state index in [1.165, 1.54) is 0 Å². The fourth-order valence-electron chi connectivity index (χ4n) is 4.20. The molecule has 5 heteroatoms. The van der Waals surface area contributed by atoms with Gasteiger partial charge in [-0.15, -0.1) is 0 Å². The molecule has 0 fully saturated rings. The SMILES string of the molecule is CCc1ccc2c(=O)c3cc4c(cc3[nH]c2c1)c(=O)c1ccccc1n4N(C)C. The quantitative estimate of drug-likeness (QED) is 0.470. The molecular formula is C24H21N3O2. The number of aromatic amines is 1. The van der Waals surface area contributed by atoms with E-state index in [4.69, 9.17) is 0 Å². The molecule has 5 nitrogen and oxygen atoms in total. The summed E-state index contributed by atoms with van der Waals surface area (Å²) in [7, 11) is 3.86. The molecule has 0 saturated heterocycles. The Morgan fingerprint density at radius 3 is 2.28 bits per heavy atom. The molecule has 0 spiro atoms. The van der Waals surface area contributed by atoms with Gasteiger partial charge < -0.3 is 9.99 Å². The normalized spacial score (nSPS) is 11.7. The van der Waals surface area contributed by atoms with Crippen LogP contribution in [0.15, 0.2) is 64.2 Å². The average molecular weight is 383 g/mol. The molecule has 0 bridgehead atoms. The van der Waals surface area contributed by atoms with Gasteiger partial charge in [0, 0.05) is 30.3 Å². The molecule has 0 saturated carbocycles. The van der Waals surface area contributed by atoms with E-state index in [0.29, 0.717) is 27.1 Å². The summed E-state index contributed by atoms with van der Waals surface area (Å²) in [5.74, 6) is 0. The number of nitrogens with one attached hydrogen (secondary N) is 1. The van der Waals surface area contributed by atoms with Gasteiger partial charge in [0.05, 0.1) is 27.5 Å². The van der Waals surface area contributed by atoms with Crippen LogP contribution in [0.1, 0.15) is 12.5 Å². The van der Waals surface area contributed by atoms with E-state index < -0.39 is 0 Å². The Labute approximate surface area is 166 Å². The maximum Gasteiger partial charge on any atom is 0.197 e. The van der Waals surface area contributed by atoms with Crippen LogP contribution in [0.2, 0.25) is 0 Å². The van der Waals surface area contributed by atoms with Gasteiger partial charge in [0.2, 0.25) is 0 Å². The maximum absolute atomic E-state index is 13.2. The first kappa shape index (κ1) is 17.5. The molecule has 0 amide bonds. The third-order valence-corrected chi connectivity index (χ3v) is 5.64. The van der Waals surface area contributed by atoms with Crippen LogP contribution < -0.4 is 15.9 Å². The number of benzene rings is 3. The van der Waals surface area contributed by atoms with Gasteiger partial charge in [0.1, 0.15) is 0 Å². The molecule has 0 aliphatic carbocycles. The second-order valence-corrected chi connectivity index (χ2v) is 7.61. The second-order valence-electron chi connectivity index (χ2n) is 7.61. The van der Waals surface area contributed by atoms with E-state index in [1.807, 2.05) is 78.4 Å². The molecule has 0 atom stereocenters. The number of rotatable bonds is 2. The fraction of sp³-hybridized carbons (Fsp3) is 0.167. The van der Waals surface area contributed by atoms with E-state index in [2.05, 4.69) is 11.9 Å². The third-order valence-electron chi connectivity index (χ3n) is 5.64. The van der Waals surface area contributed by atoms with Crippen molar-refractivity contribution in [2.75, 3.05) is 19.1 Å². The van der Waals surface area contributed by atoms with Gasteiger partial charge >= 0.3 is 0 Å². The first-order valence-corrected chi connectivity index (χ1v) is 9.73. The van der Waals surface area contributed by atoms with Crippen molar-refractivity contribution in [3.63, 3.8) is 0 Å². The predicted molar refractivity (Wildman–Crippen MR) is 121 cm³/mol. The van der Waals surface area contributed by atoms with Crippen LogP contribution in [-0.4, -0.2) is 23.8 Å². The largest absolute Gasteiger partial charge is 0.354 e. The highest BCUT2D eigenvalue weighted by Crippen LogP contribution is 2.24. The van der Waals surface area contributed by atoms with Crippen molar-refractivity contribution in [2.24, 2.45) is 0 Å². The first-order valence-electron chi connectivity index (χ1n) is 9.73. The number of hydrogen-bond acceptors (Lipinski definition) is 3. The van der Waals surface area contributed by atoms with Crippen LogP contribution >= 0.6 is 0 Å². The van der Waals surface area contributed by atoms with Gasteiger partial charge in [0.15, 0.2) is 10.9 Å². The van der Waals surface area contributed by atoms with Crippen molar-refractivity contribution >= 4 is 43.6 Å². The molecule has 3 aromatic carbocycles. The van der Waals surface area contributed by atoms with Gasteiger partial charge in [-0.1, -0.05) is 25.1 Å². The minimum absolute atomic E-state index is 0.0239. The number of pyridine rings is 2. The molecule has 29 heavy (non-hydrogen) atoms. The van der Waals surface area contributed by atoms with E-state index >= 15 is 0 Å². The highest BCUT2D eigenvalue weighted by Gasteiger charge is 2.15. The van der Waals surface area contributed by atoms with Crippen LogP contribution in [0, 0.1) is 0 Å². The monoisotopic (exact) mass is 383 g/mol. The molecule has 0 unspecified atom stereocenters. The predicted octanol–water partition coefficient (Wildman–Crippen LogP) is 3.91. The van der Waals surface area contributed by atoms with Crippen LogP contribution in [0.5, 0.6) is 0 Å². The lowest BCUT2D eigenvalue weighted by Crippen LogP contribution is -2.28. The lowest BCUT2D eigenvalue weighted by atomic mass is 10.0. The number of nitrogens with zero attached hydrogens (tertiary/aromatic N) is 2. The zero-order valence-corrected chi connectivity index (χ0v) is 16.6. The van der Waals surface area contributed by atoms with Gasteiger partial charge in [-0.3, -0.25) is 14.3 Å². The Balaban J connectivity index is 2.02. The molecule has 0 aliphatic heterocycles. The number of hydrogen-bond donors (Lipinski definition) is 1. The summed E-state index contributed by atoms with van der Waals surface area (Å²) in [4.78, 5) is 29.9. The van der Waals surface area contributed by atoms with Crippen molar-refractivity contribution in [3.05, 3.63) is 80.6 Å². The smallest absolute Gasteiger partial charge is 0.197 e. The molecule has 0 aliphatic rings. The van der Waals surface area contributed by atoms with Crippen molar-refractivity contribution in [1.29, 1.82) is 0 Å². The molecule has 5 rings (SSSR count). The van der Waals surface area contributed by atoms with Crippen molar-refractivity contribution in [2.45, 2.75) is 13.3 Å². The molecule has 144 valence electrons. The van der Waals surface area contributed by atoms with Crippen molar-refractivity contribution in [1.82, 2.24) is 9.66 Å². The van der Waals surface area contributed by atoms with Crippen LogP contribution in [0.25, 0.3) is 43.6 Å². The number of para-hydroxylation sites is 1. The van der Waals surface area contributed by atoms with Crippen LogP contribution in [0.4, 0.5) is 0 Å². The zero-order valence-electron chi connectivity index (χ0n) is 16.6. The fourth-order valence-corrected chi connectivity index (χ4v) is 4.20. The number of H-pyrrole nitrogens is 1. The van der Waals surface area contributed by atoms with Gasteiger partial charge in [-0.2, -0.15) is 0 Å². The summed E-state index contributed by atoms with van der Waals surface area (Å²) in [6.07, 6.45) is 0.896. The highest BCUT2D eigenvalue weighted by atomic mass is 16.1. The Bertz CT molecular complexity index is 1560. The molecule has 0 radical (unpaired) electrons. The maximum atomic E-state index is 13.2. The molecular weight excluding hydrogens is 362 g/mol. The standard InChI is InChI=1S/C24H21N3O2/c1-4-14-9-10-15-19(11-14)25-20-12-18-22(13-17(20)23(15)28)27(26(2)3)21-8-6-5-7-16(21)24(18)29/h5-13H,4H2,1-3H3,(H,25,28). The van der Waals surface area contributed by atoms with Crippen LogP contribution in [-0.2, 0) is 6.42 Å². The van der Waals surface area contributed by atoms with E-state index in [0.717, 1.165) is 28.5 Å². The van der Waals surface area contributed by atoms with Gasteiger partial charge in [-0.05, 0) is 48.4 Å². The summed E-state index contributed by atoms with van der Waals surface area (Å²) in [5, 5.41) is 4.42. The molecule has 2 aromatic heterocycles. The number of aryl methyl sites for hydroxylation is 1. The Morgan fingerprint density at radius 1 is 0.793 bits per heavy atom. The van der Waals surface area contributed by atoms with E-state index in [9.17, 15) is 9.59 Å². The van der Waals surface area contributed by atoms with Crippen molar-refractivity contribution < 1.29 is 0 Å². The van der Waals surface area contributed by atoms with Crippen molar-refractivity contribution in [3.8, 4) is 0 Å². The van der Waals surface area contributed by atoms with E-state index in [1.54, 1.807) is 0 Å². The third kappa shape index (κ3) is 2.47. The summed E-state index contributed by atoms with van der Waals surface area (Å²) in [5.41, 5.74) is 4.13. The second kappa shape index (κ2) is 6.21. The summed E-state index contributed by atoms with van der Waals surface area (Å²) < 4.78 is 1.98. The first-order chi connectivity index (χ1) is 14.0. The minimum atomic E-state index is -0.0288. The number of aromatic nitrogens is 2. The molecule has 5 aromatic rings. The highest BCUT2D eigenvalue weighted by molar-refractivity contribution is 6.03. The topological polar surface area (TPSA) is 58.1 Å². The Kier molecular flexibility index (Phi) is 3.74. The van der Waals surface area contributed by atoms with Gasteiger partial charge in [-0.25, -0.2) is 0 Å². The Hall–Kier alpha value is -3.60. The average Bonchev–Trinajstić information content (AvgIpc) is 2.73. The zero-order chi connectivity index (χ0) is 20.3. The van der Waals surface area contributed by atoms with E-state index in [-0.39, 0.29) is 10.9 Å². The lowest BCUT2D eigenvalue weighted by molar-refractivity contribution is 0.783. The number of fused-ring (bicyclic) bond motifs is 4. The van der Waals surface area contributed by atoms with Gasteiger partial charge in [0.25, 0.3) is 0 Å². The summed E-state index contributed by atoms with van der Waals surface area (Å²) >= 11 is 0. The minimum Gasteiger partial charge on any atom is -0.354 e. The molecule has 1 N–H and O–H groups in total. The Morgan fingerprint density at radius 2 is 1.52 bits per heavy atom. The van der Waals surface area contributed by atoms with Crippen LogP contribution in [0.3, 0.4) is 0 Å².